The minimum atomic E-state index is -0.160. The Balaban J connectivity index is 0.000000300. The number of nitrogens with two attached hydrogens (primary N) is 1. The largest absolute Gasteiger partial charge is 0.395 e. The first-order valence-electron chi connectivity index (χ1n) is 12.6. The fourth-order valence-corrected chi connectivity index (χ4v) is 3.26. The number of unbranched alkanes of at least 4 members (excludes halogenated alkanes) is 2. The van der Waals surface area contributed by atoms with Gasteiger partial charge in [-0.05, 0) is 61.6 Å². The number of carbonyl (C=O) groups excluding carboxylic acids is 1. The van der Waals surface area contributed by atoms with Gasteiger partial charge in [0.05, 0.1) is 11.4 Å². The number of hydrogen-bond acceptors (Lipinski definition) is 5. The number of pyridine rings is 1. The van der Waals surface area contributed by atoms with Crippen LogP contribution < -0.4 is 5.73 Å². The van der Waals surface area contributed by atoms with Crippen LogP contribution in [0.2, 0.25) is 0 Å². The van der Waals surface area contributed by atoms with Crippen LogP contribution in [-0.2, 0) is 6.42 Å². The molecule has 0 aliphatic carbocycles. The molecule has 194 valence electrons. The van der Waals surface area contributed by atoms with Gasteiger partial charge in [0.25, 0.3) is 0 Å². The Labute approximate surface area is 216 Å². The molecule has 36 heavy (non-hydrogen) atoms. The standard InChI is InChI=1S/C14H23N3O.C8H9F.C8H9N/c1-5-6-7-8-9(2)14-16-10(3)12(15)13(17-14)11(4)18;1-2-7-3-5-8(9)6-4-7;1-7(2)8-4-3-5-9-6-8/h9H,5-8,15H2,1-4H3;3-6H,2H2,1H3;3-6H,1H2,2H3. The lowest BCUT2D eigenvalue weighted by Gasteiger charge is -2.13. The summed E-state index contributed by atoms with van der Waals surface area (Å²) < 4.78 is 12.2. The number of anilines is 1. The molecule has 6 heteroatoms. The third-order valence-corrected chi connectivity index (χ3v) is 5.64. The van der Waals surface area contributed by atoms with Crippen molar-refractivity contribution in [3.05, 3.63) is 89.5 Å². The first-order valence-corrected chi connectivity index (χ1v) is 12.6. The molecular formula is C30H41FN4O. The summed E-state index contributed by atoms with van der Waals surface area (Å²) in [4.78, 5) is 24.2. The summed E-state index contributed by atoms with van der Waals surface area (Å²) in [6.07, 6.45) is 9.17. The Kier molecular flexibility index (Phi) is 13.9. The maximum absolute atomic E-state index is 12.2. The highest BCUT2D eigenvalue weighted by atomic mass is 19.1. The predicted octanol–water partition coefficient (Wildman–Crippen LogP) is 7.76. The molecule has 0 aliphatic rings. The number of carbonyl (C=O) groups is 1. The molecule has 1 atom stereocenters. The molecule has 0 bridgehead atoms. The summed E-state index contributed by atoms with van der Waals surface area (Å²) >= 11 is 0. The van der Waals surface area contributed by atoms with Crippen LogP contribution >= 0.6 is 0 Å². The Morgan fingerprint density at radius 3 is 2.22 bits per heavy atom. The molecule has 0 amide bonds. The monoisotopic (exact) mass is 492 g/mol. The summed E-state index contributed by atoms with van der Waals surface area (Å²) in [5.41, 5.74) is 10.6. The molecule has 3 aromatic rings. The normalized spacial score (nSPS) is 10.9. The molecule has 0 fully saturated rings. The number of aryl methyl sites for hydroxylation is 2. The lowest BCUT2D eigenvalue weighted by Crippen LogP contribution is -2.12. The molecule has 2 N–H and O–H groups in total. The number of hydrogen-bond donors (Lipinski definition) is 1. The second-order valence-electron chi connectivity index (χ2n) is 8.88. The van der Waals surface area contributed by atoms with Gasteiger partial charge in [-0.2, -0.15) is 0 Å². The number of halogens is 1. The van der Waals surface area contributed by atoms with E-state index in [1.165, 1.54) is 43.9 Å². The van der Waals surface area contributed by atoms with Gasteiger partial charge >= 0.3 is 0 Å². The van der Waals surface area contributed by atoms with Gasteiger partial charge in [-0.3, -0.25) is 9.78 Å². The SMILES string of the molecule is C=C(C)c1cccnc1.CCCCCC(C)c1nc(C)c(N)c(C(C)=O)n1.CCc1ccc(F)cc1. The van der Waals surface area contributed by atoms with Gasteiger partial charge in [0.15, 0.2) is 5.78 Å². The predicted molar refractivity (Wildman–Crippen MR) is 148 cm³/mol. The number of nitrogen functional groups attached to an aromatic ring is 1. The topological polar surface area (TPSA) is 81.8 Å². The van der Waals surface area contributed by atoms with Crippen molar-refractivity contribution in [3.8, 4) is 0 Å². The van der Waals surface area contributed by atoms with Crippen molar-refractivity contribution >= 4 is 17.0 Å². The van der Waals surface area contributed by atoms with Crippen LogP contribution in [0.5, 0.6) is 0 Å². The van der Waals surface area contributed by atoms with Crippen LogP contribution in [0.4, 0.5) is 10.1 Å². The third kappa shape index (κ3) is 10.9. The van der Waals surface area contributed by atoms with E-state index in [4.69, 9.17) is 5.73 Å². The number of allylic oxidation sites excluding steroid dienone is 1. The van der Waals surface area contributed by atoms with E-state index in [1.54, 1.807) is 18.3 Å². The number of nitrogens with zero attached hydrogens (tertiary/aromatic N) is 3. The van der Waals surface area contributed by atoms with Crippen LogP contribution in [0.25, 0.3) is 5.57 Å². The third-order valence-electron chi connectivity index (χ3n) is 5.64. The Morgan fingerprint density at radius 2 is 1.75 bits per heavy atom. The average Bonchev–Trinajstić information content (AvgIpc) is 2.87. The van der Waals surface area contributed by atoms with Gasteiger partial charge in [-0.15, -0.1) is 0 Å². The summed E-state index contributed by atoms with van der Waals surface area (Å²) in [6, 6.07) is 10.5. The van der Waals surface area contributed by atoms with E-state index in [0.29, 0.717) is 17.1 Å². The quantitative estimate of drug-likeness (QED) is 0.257. The summed E-state index contributed by atoms with van der Waals surface area (Å²) in [5.74, 6) is 0.754. The van der Waals surface area contributed by atoms with Crippen LogP contribution in [-0.4, -0.2) is 20.7 Å². The molecule has 0 saturated carbocycles. The molecule has 3 rings (SSSR count). The maximum Gasteiger partial charge on any atom is 0.180 e. The zero-order valence-electron chi connectivity index (χ0n) is 22.6. The van der Waals surface area contributed by atoms with Gasteiger partial charge in [-0.1, -0.05) is 64.8 Å². The van der Waals surface area contributed by atoms with Gasteiger partial charge in [0.1, 0.15) is 17.3 Å². The van der Waals surface area contributed by atoms with Crippen LogP contribution in [0.15, 0.2) is 55.4 Å². The lowest BCUT2D eigenvalue weighted by atomic mass is 10.0. The van der Waals surface area contributed by atoms with Crippen LogP contribution in [0, 0.1) is 12.7 Å². The fourth-order valence-electron chi connectivity index (χ4n) is 3.26. The van der Waals surface area contributed by atoms with E-state index in [2.05, 4.69) is 35.4 Å². The van der Waals surface area contributed by atoms with Gasteiger partial charge in [0.2, 0.25) is 0 Å². The van der Waals surface area contributed by atoms with Crippen LogP contribution in [0.3, 0.4) is 0 Å². The van der Waals surface area contributed by atoms with Gasteiger partial charge in [-0.25, -0.2) is 14.4 Å². The van der Waals surface area contributed by atoms with Crippen molar-refractivity contribution < 1.29 is 9.18 Å². The number of benzene rings is 1. The molecule has 2 aromatic heterocycles. The molecule has 2 heterocycles. The van der Waals surface area contributed by atoms with Crippen LogP contribution in [0.1, 0.15) is 99.4 Å². The lowest BCUT2D eigenvalue weighted by molar-refractivity contribution is 0.101. The second-order valence-corrected chi connectivity index (χ2v) is 8.88. The van der Waals surface area contributed by atoms with E-state index in [-0.39, 0.29) is 17.5 Å². The highest BCUT2D eigenvalue weighted by Crippen LogP contribution is 2.22. The van der Waals surface area contributed by atoms with Crippen molar-refractivity contribution in [1.29, 1.82) is 0 Å². The zero-order valence-corrected chi connectivity index (χ0v) is 22.6. The van der Waals surface area contributed by atoms with Crippen molar-refractivity contribution in [2.24, 2.45) is 0 Å². The molecule has 1 unspecified atom stereocenters. The molecule has 0 spiro atoms. The van der Waals surface area contributed by atoms with E-state index in [1.807, 2.05) is 39.1 Å². The zero-order chi connectivity index (χ0) is 27.1. The van der Waals surface area contributed by atoms with E-state index < -0.39 is 0 Å². The van der Waals surface area contributed by atoms with Crippen molar-refractivity contribution in [3.63, 3.8) is 0 Å². The minimum absolute atomic E-state index is 0.0972. The maximum atomic E-state index is 12.2. The number of Topliss-reactive ketones (excluding diaryl/α,β-unsaturated/α-hetero) is 1. The van der Waals surface area contributed by atoms with Crippen molar-refractivity contribution in [2.75, 3.05) is 5.73 Å². The van der Waals surface area contributed by atoms with E-state index in [0.717, 1.165) is 29.8 Å². The van der Waals surface area contributed by atoms with Gasteiger partial charge in [0, 0.05) is 25.2 Å². The number of aromatic nitrogens is 3. The average molecular weight is 493 g/mol. The first-order chi connectivity index (χ1) is 17.1. The second kappa shape index (κ2) is 16.3. The Bertz CT molecular complexity index is 1080. The molecule has 5 nitrogen and oxygen atoms in total. The summed E-state index contributed by atoms with van der Waals surface area (Å²) in [6.45, 7) is 15.4. The molecule has 0 radical (unpaired) electrons. The molecule has 0 aliphatic heterocycles. The Hall–Kier alpha value is -3.41. The molecule has 1 aromatic carbocycles. The fraction of sp³-hybridized carbons (Fsp3) is 0.400. The number of ketones is 1. The van der Waals surface area contributed by atoms with E-state index in [9.17, 15) is 9.18 Å². The van der Waals surface area contributed by atoms with Crippen molar-refractivity contribution in [2.45, 2.75) is 79.6 Å². The smallest absolute Gasteiger partial charge is 0.180 e. The summed E-state index contributed by atoms with van der Waals surface area (Å²) in [7, 11) is 0. The Morgan fingerprint density at radius 1 is 1.08 bits per heavy atom. The first kappa shape index (κ1) is 30.6. The van der Waals surface area contributed by atoms with Gasteiger partial charge < -0.3 is 5.73 Å². The highest BCUT2D eigenvalue weighted by Gasteiger charge is 2.16. The number of rotatable bonds is 8. The minimum Gasteiger partial charge on any atom is -0.395 e. The highest BCUT2D eigenvalue weighted by molar-refractivity contribution is 5.97. The van der Waals surface area contributed by atoms with E-state index >= 15 is 0 Å². The molecule has 0 saturated heterocycles. The van der Waals surface area contributed by atoms with Crippen molar-refractivity contribution in [1.82, 2.24) is 15.0 Å². The summed E-state index contributed by atoms with van der Waals surface area (Å²) in [5, 5.41) is 0. The molecular weight excluding hydrogens is 451 g/mol.